The van der Waals surface area contributed by atoms with E-state index in [0.29, 0.717) is 57.7 Å². The van der Waals surface area contributed by atoms with Crippen LogP contribution in [0.2, 0.25) is 0 Å². The number of benzene rings is 4. The van der Waals surface area contributed by atoms with Gasteiger partial charge in [0.2, 0.25) is 11.7 Å². The van der Waals surface area contributed by atoms with Gasteiger partial charge >= 0.3 is 0 Å². The highest BCUT2D eigenvalue weighted by Gasteiger charge is 2.21. The largest absolute Gasteiger partial charge is 0.497 e. The summed E-state index contributed by atoms with van der Waals surface area (Å²) in [6.45, 7) is 1.92. The van der Waals surface area contributed by atoms with Crippen LogP contribution < -0.4 is 39.6 Å². The second-order valence-electron chi connectivity index (χ2n) is 10.4. The molecule has 0 fully saturated rings. The van der Waals surface area contributed by atoms with Gasteiger partial charge in [-0.2, -0.15) is 0 Å². The number of methoxy groups -OCH3 is 5. The highest BCUT2D eigenvalue weighted by atomic mass is 32.2. The van der Waals surface area contributed by atoms with Crippen LogP contribution in [0.4, 0.5) is 11.4 Å². The number of hydrogen-bond acceptors (Lipinski definition) is 9. The van der Waals surface area contributed by atoms with Gasteiger partial charge in [-0.15, -0.1) is 11.8 Å². The number of hydrogen-bond donors (Lipinski definition) is 3. The maximum Gasteiger partial charge on any atom is 0.272 e. The predicted octanol–water partition coefficient (Wildman–Crippen LogP) is 6.65. The molecule has 0 aromatic heterocycles. The Labute approximate surface area is 289 Å². The first-order valence-corrected chi connectivity index (χ1v) is 16.1. The van der Waals surface area contributed by atoms with Crippen molar-refractivity contribution < 1.29 is 38.1 Å². The van der Waals surface area contributed by atoms with Gasteiger partial charge in [0.1, 0.15) is 17.2 Å². The molecule has 0 saturated carbocycles. The van der Waals surface area contributed by atoms with E-state index >= 15 is 0 Å². The van der Waals surface area contributed by atoms with Crippen LogP contribution >= 0.6 is 11.8 Å². The first-order valence-electron chi connectivity index (χ1n) is 15.2. The minimum Gasteiger partial charge on any atom is -0.497 e. The van der Waals surface area contributed by atoms with Crippen LogP contribution in [0.15, 0.2) is 95.5 Å². The number of carbonyl (C=O) groups excluding carboxylic acids is 3. The van der Waals surface area contributed by atoms with Crippen LogP contribution in [0.25, 0.3) is 6.08 Å². The number of rotatable bonds is 15. The van der Waals surface area contributed by atoms with Crippen molar-refractivity contribution in [2.75, 3.05) is 46.2 Å². The van der Waals surface area contributed by atoms with Crippen molar-refractivity contribution in [2.45, 2.75) is 23.5 Å². The Hall–Kier alpha value is -5.62. The summed E-state index contributed by atoms with van der Waals surface area (Å²) in [5.41, 5.74) is 1.85. The van der Waals surface area contributed by atoms with E-state index in [1.165, 1.54) is 46.3 Å². The molecule has 256 valence electrons. The van der Waals surface area contributed by atoms with Gasteiger partial charge in [0.05, 0.1) is 46.5 Å². The molecule has 4 rings (SSSR count). The minimum absolute atomic E-state index is 0.0274. The van der Waals surface area contributed by atoms with E-state index in [2.05, 4.69) is 16.0 Å². The van der Waals surface area contributed by atoms with Crippen LogP contribution in [-0.4, -0.2) is 58.5 Å². The van der Waals surface area contributed by atoms with Crippen molar-refractivity contribution in [3.8, 4) is 28.7 Å². The van der Waals surface area contributed by atoms with E-state index in [0.717, 1.165) is 4.90 Å². The molecule has 49 heavy (non-hydrogen) atoms. The molecule has 12 heteroatoms. The number of amides is 3. The Morgan fingerprint density at radius 3 is 2.04 bits per heavy atom. The van der Waals surface area contributed by atoms with Gasteiger partial charge in [-0.1, -0.05) is 31.2 Å². The first-order chi connectivity index (χ1) is 23.7. The van der Waals surface area contributed by atoms with Crippen LogP contribution in [0.3, 0.4) is 0 Å². The molecule has 0 aliphatic carbocycles. The van der Waals surface area contributed by atoms with Crippen molar-refractivity contribution in [3.63, 3.8) is 0 Å². The second-order valence-corrected chi connectivity index (χ2v) is 11.7. The summed E-state index contributed by atoms with van der Waals surface area (Å²) in [5, 5.41) is 8.11. The van der Waals surface area contributed by atoms with Crippen molar-refractivity contribution in [2.24, 2.45) is 0 Å². The Bertz CT molecular complexity index is 1790. The van der Waals surface area contributed by atoms with Crippen LogP contribution in [0, 0.1) is 0 Å². The van der Waals surface area contributed by atoms with E-state index in [1.54, 1.807) is 86.0 Å². The van der Waals surface area contributed by atoms with Gasteiger partial charge in [-0.05, 0) is 72.7 Å². The van der Waals surface area contributed by atoms with E-state index in [-0.39, 0.29) is 11.6 Å². The lowest BCUT2D eigenvalue weighted by molar-refractivity contribution is -0.116. The van der Waals surface area contributed by atoms with Gasteiger partial charge in [-0.3, -0.25) is 14.4 Å². The third-order valence-electron chi connectivity index (χ3n) is 7.23. The monoisotopic (exact) mass is 685 g/mol. The Morgan fingerprint density at radius 1 is 0.735 bits per heavy atom. The molecule has 0 heterocycles. The summed E-state index contributed by atoms with van der Waals surface area (Å²) in [4.78, 5) is 41.0. The van der Waals surface area contributed by atoms with Crippen molar-refractivity contribution in [3.05, 3.63) is 102 Å². The number of thioether (sulfide) groups is 1. The molecule has 3 N–H and O–H groups in total. The third-order valence-corrected chi connectivity index (χ3v) is 8.58. The smallest absolute Gasteiger partial charge is 0.272 e. The maximum absolute atomic E-state index is 13.8. The molecule has 0 aliphatic rings. The van der Waals surface area contributed by atoms with E-state index in [1.807, 2.05) is 13.0 Å². The highest BCUT2D eigenvalue weighted by Crippen LogP contribution is 2.39. The van der Waals surface area contributed by atoms with Crippen LogP contribution in [-0.2, 0) is 9.59 Å². The zero-order valence-corrected chi connectivity index (χ0v) is 28.9. The second kappa shape index (κ2) is 17.5. The average Bonchev–Trinajstić information content (AvgIpc) is 3.13. The third kappa shape index (κ3) is 9.48. The van der Waals surface area contributed by atoms with Gasteiger partial charge in [0.25, 0.3) is 11.8 Å². The minimum atomic E-state index is -0.573. The molecule has 1 atom stereocenters. The molecule has 11 nitrogen and oxygen atoms in total. The topological polar surface area (TPSA) is 133 Å². The summed E-state index contributed by atoms with van der Waals surface area (Å²) < 4.78 is 27.0. The first kappa shape index (κ1) is 36.2. The molecule has 1 unspecified atom stereocenters. The quantitative estimate of drug-likeness (QED) is 0.0930. The molecular weight excluding hydrogens is 646 g/mol. The summed E-state index contributed by atoms with van der Waals surface area (Å²) in [6, 6.07) is 24.2. The molecule has 0 saturated heterocycles. The van der Waals surface area contributed by atoms with E-state index in [9.17, 15) is 14.4 Å². The molecule has 0 radical (unpaired) electrons. The van der Waals surface area contributed by atoms with Crippen molar-refractivity contribution >= 4 is 46.9 Å². The molecule has 3 amide bonds. The standard InChI is InChI=1S/C37H39N3O8S/c1-7-33(37(43)39-28-17-16-26(44-2)22-30(28)45-3)49-27-15-11-14-25(21-27)38-36(42)29(40-35(41)24-12-9-8-10-13-24)18-23-19-31(46-4)34(48-6)32(20-23)47-5/h8-22,33H,7H2,1-6H3,(H,38,42)(H,39,43)(H,40,41)/b29-18+. The normalized spacial score (nSPS) is 11.5. The lowest BCUT2D eigenvalue weighted by atomic mass is 10.1. The number of nitrogens with one attached hydrogen (secondary N) is 3. The lowest BCUT2D eigenvalue weighted by Crippen LogP contribution is -2.30. The van der Waals surface area contributed by atoms with Gasteiger partial charge in [0.15, 0.2) is 11.5 Å². The van der Waals surface area contributed by atoms with Gasteiger partial charge in [0, 0.05) is 22.2 Å². The van der Waals surface area contributed by atoms with Gasteiger partial charge < -0.3 is 39.6 Å². The molecule has 0 spiro atoms. The molecule has 0 aliphatic heterocycles. The molecule has 4 aromatic rings. The SMILES string of the molecule is CCC(Sc1cccc(NC(=O)/C(=C\c2cc(OC)c(OC)c(OC)c2)NC(=O)c2ccccc2)c1)C(=O)Nc1ccc(OC)cc1OC. The molecule has 4 aromatic carbocycles. The Morgan fingerprint density at radius 2 is 1.43 bits per heavy atom. The van der Waals surface area contributed by atoms with E-state index in [4.69, 9.17) is 23.7 Å². The molecule has 0 bridgehead atoms. The fourth-order valence-electron chi connectivity index (χ4n) is 4.74. The maximum atomic E-state index is 13.8. The number of anilines is 2. The number of carbonyl (C=O) groups is 3. The summed E-state index contributed by atoms with van der Waals surface area (Å²) in [6.07, 6.45) is 2.06. The summed E-state index contributed by atoms with van der Waals surface area (Å²) >= 11 is 1.36. The Balaban J connectivity index is 1.57. The Kier molecular flexibility index (Phi) is 12.9. The van der Waals surface area contributed by atoms with Crippen LogP contribution in [0.1, 0.15) is 29.3 Å². The average molecular weight is 686 g/mol. The van der Waals surface area contributed by atoms with Crippen molar-refractivity contribution in [1.82, 2.24) is 5.32 Å². The summed E-state index contributed by atoms with van der Waals surface area (Å²) in [7, 11) is 7.55. The molecular formula is C37H39N3O8S. The highest BCUT2D eigenvalue weighted by molar-refractivity contribution is 8.00. The summed E-state index contributed by atoms with van der Waals surface area (Å²) in [5.74, 6) is 0.991. The van der Waals surface area contributed by atoms with E-state index < -0.39 is 17.1 Å². The lowest BCUT2D eigenvalue weighted by Gasteiger charge is -2.17. The predicted molar refractivity (Wildman–Crippen MR) is 191 cm³/mol. The fourth-order valence-corrected chi connectivity index (χ4v) is 5.75. The zero-order chi connectivity index (χ0) is 35.3. The van der Waals surface area contributed by atoms with Gasteiger partial charge in [-0.25, -0.2) is 0 Å². The zero-order valence-electron chi connectivity index (χ0n) is 28.1. The van der Waals surface area contributed by atoms with Crippen molar-refractivity contribution in [1.29, 1.82) is 0 Å². The fraction of sp³-hybridized carbons (Fsp3) is 0.216. The van der Waals surface area contributed by atoms with Crippen LogP contribution in [0.5, 0.6) is 28.7 Å². The number of ether oxygens (including phenoxy) is 5.